The molecule has 0 aliphatic carbocycles. The smallest absolute Gasteiger partial charge is 0.267 e. The molecule has 0 aliphatic rings. The van der Waals surface area contributed by atoms with Crippen LogP contribution in [0, 0.1) is 0 Å². The van der Waals surface area contributed by atoms with Crippen molar-refractivity contribution in [3.63, 3.8) is 0 Å². The monoisotopic (exact) mass is 392 g/mol. The Labute approximate surface area is 162 Å². The molecule has 4 nitrogen and oxygen atoms in total. The molecule has 0 bridgehead atoms. The number of rotatable bonds is 19. The van der Waals surface area contributed by atoms with E-state index >= 15 is 0 Å². The van der Waals surface area contributed by atoms with E-state index in [1.165, 1.54) is 44.9 Å². The van der Waals surface area contributed by atoms with Crippen molar-refractivity contribution in [2.45, 2.75) is 134 Å². The van der Waals surface area contributed by atoms with Crippen molar-refractivity contribution < 1.29 is 18.1 Å². The molecule has 0 saturated heterocycles. The molecule has 0 spiro atoms. The predicted octanol–water partition coefficient (Wildman–Crippen LogP) is 6.28. The third kappa shape index (κ3) is 16.1. The number of unbranched alkanes of at least 4 members (excludes halogenated alkanes) is 12. The Morgan fingerprint density at radius 1 is 0.654 bits per heavy atom. The zero-order valence-electron chi connectivity index (χ0n) is 17.3. The van der Waals surface area contributed by atoms with Gasteiger partial charge in [0.15, 0.2) is 0 Å². The van der Waals surface area contributed by atoms with Gasteiger partial charge in [-0.3, -0.25) is 4.55 Å². The lowest BCUT2D eigenvalue weighted by atomic mass is 10.0. The van der Waals surface area contributed by atoms with Crippen LogP contribution in [0.3, 0.4) is 0 Å². The summed E-state index contributed by atoms with van der Waals surface area (Å²) in [5, 5.41) is 9.26. The Hall–Kier alpha value is -0.130. The van der Waals surface area contributed by atoms with E-state index in [4.69, 9.17) is 0 Å². The van der Waals surface area contributed by atoms with Gasteiger partial charge in [-0.1, -0.05) is 104 Å². The maximum Gasteiger partial charge on any atom is 0.267 e. The molecular weight excluding hydrogens is 348 g/mol. The molecule has 0 heterocycles. The number of aliphatic hydroxyl groups excluding tert-OH is 1. The molecule has 2 unspecified atom stereocenters. The van der Waals surface area contributed by atoms with E-state index in [0.29, 0.717) is 12.8 Å². The van der Waals surface area contributed by atoms with Gasteiger partial charge >= 0.3 is 0 Å². The van der Waals surface area contributed by atoms with Crippen LogP contribution in [-0.2, 0) is 10.1 Å². The summed E-state index contributed by atoms with van der Waals surface area (Å²) in [6, 6.07) is 0. The van der Waals surface area contributed by atoms with Gasteiger partial charge in [-0.2, -0.15) is 8.42 Å². The fourth-order valence-corrected chi connectivity index (χ4v) is 4.41. The average molecular weight is 393 g/mol. The maximum atomic E-state index is 11.6. The second kappa shape index (κ2) is 17.0. The summed E-state index contributed by atoms with van der Waals surface area (Å²) >= 11 is 0. The second-order valence-electron chi connectivity index (χ2n) is 7.85. The first kappa shape index (κ1) is 25.9. The van der Waals surface area contributed by atoms with E-state index in [9.17, 15) is 18.1 Å². The molecule has 0 aromatic carbocycles. The first-order valence-electron chi connectivity index (χ1n) is 11.1. The highest BCUT2D eigenvalue weighted by Crippen LogP contribution is 2.20. The Morgan fingerprint density at radius 3 is 1.50 bits per heavy atom. The Balaban J connectivity index is 3.85. The van der Waals surface area contributed by atoms with E-state index in [2.05, 4.69) is 13.8 Å². The van der Waals surface area contributed by atoms with Gasteiger partial charge in [0.1, 0.15) is 0 Å². The van der Waals surface area contributed by atoms with Crippen molar-refractivity contribution in [3.05, 3.63) is 0 Å². The van der Waals surface area contributed by atoms with Crippen LogP contribution in [0.15, 0.2) is 0 Å². The minimum absolute atomic E-state index is 0.169. The van der Waals surface area contributed by atoms with Crippen molar-refractivity contribution in [2.75, 3.05) is 0 Å². The Morgan fingerprint density at radius 2 is 1.04 bits per heavy atom. The molecule has 26 heavy (non-hydrogen) atoms. The zero-order chi connectivity index (χ0) is 19.7. The quantitative estimate of drug-likeness (QED) is 0.200. The largest absolute Gasteiger partial charge is 0.393 e. The van der Waals surface area contributed by atoms with Gasteiger partial charge in [0.25, 0.3) is 10.1 Å². The van der Waals surface area contributed by atoms with E-state index in [0.717, 1.165) is 44.9 Å². The van der Waals surface area contributed by atoms with Gasteiger partial charge in [0.2, 0.25) is 0 Å². The highest BCUT2D eigenvalue weighted by atomic mass is 32.2. The summed E-state index contributed by atoms with van der Waals surface area (Å²) in [4.78, 5) is 0. The Kier molecular flexibility index (Phi) is 16.9. The van der Waals surface area contributed by atoms with E-state index in [1.54, 1.807) is 0 Å². The van der Waals surface area contributed by atoms with Gasteiger partial charge < -0.3 is 5.11 Å². The van der Waals surface area contributed by atoms with E-state index in [1.807, 2.05) is 0 Å². The lowest BCUT2D eigenvalue weighted by Gasteiger charge is -2.18. The van der Waals surface area contributed by atoms with Gasteiger partial charge in [-0.15, -0.1) is 0 Å². The summed E-state index contributed by atoms with van der Waals surface area (Å²) in [6.45, 7) is 4.36. The first-order valence-corrected chi connectivity index (χ1v) is 12.6. The fraction of sp³-hybridized carbons (Fsp3) is 1.00. The fourth-order valence-electron chi connectivity index (χ4n) is 3.48. The molecule has 0 aromatic heterocycles. The van der Waals surface area contributed by atoms with Crippen molar-refractivity contribution in [1.29, 1.82) is 0 Å². The van der Waals surface area contributed by atoms with Crippen LogP contribution in [0.1, 0.15) is 123 Å². The summed E-state index contributed by atoms with van der Waals surface area (Å²) in [5.74, 6) is 0. The van der Waals surface area contributed by atoms with Crippen molar-refractivity contribution in [3.8, 4) is 0 Å². The van der Waals surface area contributed by atoms with Crippen LogP contribution >= 0.6 is 0 Å². The molecular formula is C21H44O4S. The molecule has 2 atom stereocenters. The molecule has 0 aliphatic heterocycles. The second-order valence-corrected chi connectivity index (χ2v) is 9.54. The number of hydrogen-bond acceptors (Lipinski definition) is 3. The van der Waals surface area contributed by atoms with Crippen molar-refractivity contribution in [2.24, 2.45) is 0 Å². The standard InChI is InChI=1S/C21H44O4S/c1-3-5-7-9-10-11-12-13-14-16-18-21(26(23,24)25)19-20(22)17-15-8-6-4-2/h20-22H,3-19H2,1-2H3,(H,23,24,25). The molecule has 0 aromatic rings. The highest BCUT2D eigenvalue weighted by molar-refractivity contribution is 7.86. The van der Waals surface area contributed by atoms with Crippen LogP contribution in [0.5, 0.6) is 0 Å². The summed E-state index contributed by atoms with van der Waals surface area (Å²) in [6.07, 6.45) is 16.9. The van der Waals surface area contributed by atoms with Crippen LogP contribution in [-0.4, -0.2) is 29.4 Å². The highest BCUT2D eigenvalue weighted by Gasteiger charge is 2.25. The molecule has 0 radical (unpaired) electrons. The van der Waals surface area contributed by atoms with E-state index < -0.39 is 21.5 Å². The van der Waals surface area contributed by atoms with Crippen LogP contribution in [0.25, 0.3) is 0 Å². The van der Waals surface area contributed by atoms with Crippen LogP contribution in [0.2, 0.25) is 0 Å². The molecule has 5 heteroatoms. The molecule has 0 rings (SSSR count). The molecule has 158 valence electrons. The van der Waals surface area contributed by atoms with Crippen molar-refractivity contribution >= 4 is 10.1 Å². The normalized spacial score (nSPS) is 14.5. The summed E-state index contributed by atoms with van der Waals surface area (Å²) in [7, 11) is -4.07. The summed E-state index contributed by atoms with van der Waals surface area (Å²) in [5.41, 5.74) is 0. The zero-order valence-corrected chi connectivity index (χ0v) is 18.1. The topological polar surface area (TPSA) is 74.6 Å². The number of aliphatic hydroxyl groups is 1. The maximum absolute atomic E-state index is 11.6. The average Bonchev–Trinajstić information content (AvgIpc) is 2.58. The van der Waals surface area contributed by atoms with Gasteiger partial charge in [0, 0.05) is 0 Å². The first-order chi connectivity index (χ1) is 12.4. The molecule has 0 saturated carbocycles. The molecule has 0 amide bonds. The molecule has 2 N–H and O–H groups in total. The minimum atomic E-state index is -4.07. The van der Waals surface area contributed by atoms with Gasteiger partial charge in [-0.25, -0.2) is 0 Å². The number of hydrogen-bond donors (Lipinski definition) is 2. The third-order valence-electron chi connectivity index (χ3n) is 5.23. The lowest BCUT2D eigenvalue weighted by molar-refractivity contribution is 0.147. The van der Waals surface area contributed by atoms with Gasteiger partial charge in [0.05, 0.1) is 11.4 Å². The van der Waals surface area contributed by atoms with Crippen molar-refractivity contribution in [1.82, 2.24) is 0 Å². The van der Waals surface area contributed by atoms with Crippen LogP contribution in [0.4, 0.5) is 0 Å². The Bertz CT molecular complexity index is 395. The van der Waals surface area contributed by atoms with Gasteiger partial charge in [-0.05, 0) is 19.3 Å². The lowest BCUT2D eigenvalue weighted by Crippen LogP contribution is -2.26. The van der Waals surface area contributed by atoms with Crippen LogP contribution < -0.4 is 0 Å². The summed E-state index contributed by atoms with van der Waals surface area (Å²) < 4.78 is 32.6. The third-order valence-corrected chi connectivity index (χ3v) is 6.50. The minimum Gasteiger partial charge on any atom is -0.393 e. The predicted molar refractivity (Wildman–Crippen MR) is 111 cm³/mol. The SMILES string of the molecule is CCCCCCCCCCCCC(CC(O)CCCCCC)S(=O)(=O)O. The van der Waals surface area contributed by atoms with E-state index in [-0.39, 0.29) is 6.42 Å². The molecule has 0 fully saturated rings.